The van der Waals surface area contributed by atoms with E-state index in [1.807, 2.05) is 37.3 Å². The van der Waals surface area contributed by atoms with Crippen molar-refractivity contribution in [3.8, 4) is 0 Å². The van der Waals surface area contributed by atoms with Gasteiger partial charge in [0.05, 0.1) is 0 Å². The third kappa shape index (κ3) is 4.14. The first-order chi connectivity index (χ1) is 10.1. The maximum atomic E-state index is 12.1. The van der Waals surface area contributed by atoms with Crippen molar-refractivity contribution in [3.63, 3.8) is 0 Å². The van der Waals surface area contributed by atoms with Crippen molar-refractivity contribution in [2.24, 2.45) is 0 Å². The third-order valence-corrected chi connectivity index (χ3v) is 3.00. The molecule has 0 spiro atoms. The van der Waals surface area contributed by atoms with E-state index in [1.165, 1.54) is 18.3 Å². The predicted octanol–water partition coefficient (Wildman–Crippen LogP) is 2.14. The molecule has 5 nitrogen and oxygen atoms in total. The Labute approximate surface area is 122 Å². The second kappa shape index (κ2) is 6.65. The number of aromatic carboxylic acids is 1. The van der Waals surface area contributed by atoms with Crippen LogP contribution < -0.4 is 5.32 Å². The van der Waals surface area contributed by atoms with Crippen LogP contribution in [0.25, 0.3) is 0 Å². The van der Waals surface area contributed by atoms with Crippen LogP contribution in [0.2, 0.25) is 0 Å². The van der Waals surface area contributed by atoms with Crippen molar-refractivity contribution < 1.29 is 14.7 Å². The summed E-state index contributed by atoms with van der Waals surface area (Å²) in [5, 5.41) is 11.7. The van der Waals surface area contributed by atoms with Crippen molar-refractivity contribution in [3.05, 3.63) is 65.5 Å². The lowest BCUT2D eigenvalue weighted by Gasteiger charge is -2.14. The smallest absolute Gasteiger partial charge is 0.354 e. The monoisotopic (exact) mass is 284 g/mol. The van der Waals surface area contributed by atoms with Crippen LogP contribution in [0.5, 0.6) is 0 Å². The van der Waals surface area contributed by atoms with Gasteiger partial charge in [0.1, 0.15) is 5.69 Å². The summed E-state index contributed by atoms with van der Waals surface area (Å²) in [6.45, 7) is 1.91. The van der Waals surface area contributed by atoms with Gasteiger partial charge in [-0.1, -0.05) is 30.3 Å². The Bertz CT molecular complexity index is 641. The van der Waals surface area contributed by atoms with Crippen LogP contribution in [0.1, 0.15) is 33.3 Å². The first-order valence-electron chi connectivity index (χ1n) is 6.60. The molecule has 1 aromatic heterocycles. The number of pyridine rings is 1. The lowest BCUT2D eigenvalue weighted by Crippen LogP contribution is -2.34. The number of benzene rings is 1. The quantitative estimate of drug-likeness (QED) is 0.881. The number of carbonyl (C=O) groups is 2. The molecule has 1 heterocycles. The average Bonchev–Trinajstić information content (AvgIpc) is 2.48. The molecule has 1 unspecified atom stereocenters. The molecule has 0 aliphatic heterocycles. The third-order valence-electron chi connectivity index (χ3n) is 3.00. The van der Waals surface area contributed by atoms with Crippen molar-refractivity contribution in [1.29, 1.82) is 0 Å². The maximum Gasteiger partial charge on any atom is 0.354 e. The maximum absolute atomic E-state index is 12.1. The average molecular weight is 284 g/mol. The van der Waals surface area contributed by atoms with Crippen LogP contribution >= 0.6 is 0 Å². The zero-order valence-electron chi connectivity index (χ0n) is 11.6. The zero-order chi connectivity index (χ0) is 15.2. The second-order valence-electron chi connectivity index (χ2n) is 4.80. The Hall–Kier alpha value is -2.69. The van der Waals surface area contributed by atoms with Gasteiger partial charge in [-0.2, -0.15) is 0 Å². The van der Waals surface area contributed by atoms with E-state index >= 15 is 0 Å². The minimum Gasteiger partial charge on any atom is -0.477 e. The molecule has 0 bridgehead atoms. The number of rotatable bonds is 5. The van der Waals surface area contributed by atoms with Crippen LogP contribution in [0, 0.1) is 0 Å². The first kappa shape index (κ1) is 14.7. The SMILES string of the molecule is CC(Cc1ccccc1)NC(=O)c1ccnc(C(=O)O)c1. The molecule has 5 heteroatoms. The molecule has 1 aromatic carbocycles. The summed E-state index contributed by atoms with van der Waals surface area (Å²) < 4.78 is 0. The van der Waals surface area contributed by atoms with Crippen molar-refractivity contribution >= 4 is 11.9 Å². The number of hydrogen-bond acceptors (Lipinski definition) is 3. The van der Waals surface area contributed by atoms with Gasteiger partial charge < -0.3 is 10.4 Å². The highest BCUT2D eigenvalue weighted by molar-refractivity contribution is 5.96. The zero-order valence-corrected chi connectivity index (χ0v) is 11.6. The molecule has 2 rings (SSSR count). The van der Waals surface area contributed by atoms with Gasteiger partial charge in [-0.15, -0.1) is 0 Å². The molecule has 0 fully saturated rings. The van der Waals surface area contributed by atoms with Gasteiger partial charge in [0.15, 0.2) is 0 Å². The minimum atomic E-state index is -1.15. The molecule has 0 radical (unpaired) electrons. The number of nitrogens with one attached hydrogen (secondary N) is 1. The summed E-state index contributed by atoms with van der Waals surface area (Å²) in [4.78, 5) is 26.6. The Kier molecular flexibility index (Phi) is 4.66. The molecule has 0 aliphatic carbocycles. The fourth-order valence-corrected chi connectivity index (χ4v) is 2.01. The molecule has 2 N–H and O–H groups in total. The van der Waals surface area contributed by atoms with Crippen LogP contribution in [0.15, 0.2) is 48.7 Å². The van der Waals surface area contributed by atoms with E-state index in [2.05, 4.69) is 10.3 Å². The lowest BCUT2D eigenvalue weighted by molar-refractivity contribution is 0.0690. The summed E-state index contributed by atoms with van der Waals surface area (Å²) in [5.74, 6) is -1.45. The lowest BCUT2D eigenvalue weighted by atomic mass is 10.1. The van der Waals surface area contributed by atoms with E-state index in [1.54, 1.807) is 0 Å². The molecule has 108 valence electrons. The van der Waals surface area contributed by atoms with E-state index in [0.717, 1.165) is 5.56 Å². The number of carboxylic acid groups (broad SMARTS) is 1. The standard InChI is InChI=1S/C16H16N2O3/c1-11(9-12-5-3-2-4-6-12)18-15(19)13-7-8-17-14(10-13)16(20)21/h2-8,10-11H,9H2,1H3,(H,18,19)(H,20,21). The number of carboxylic acids is 1. The Balaban J connectivity index is 2.01. The molecule has 0 saturated carbocycles. The Morgan fingerprint density at radius 2 is 1.95 bits per heavy atom. The van der Waals surface area contributed by atoms with Gasteiger partial charge in [0, 0.05) is 17.8 Å². The van der Waals surface area contributed by atoms with Gasteiger partial charge in [0.2, 0.25) is 0 Å². The van der Waals surface area contributed by atoms with Crippen LogP contribution in [-0.2, 0) is 6.42 Å². The number of amides is 1. The normalized spacial score (nSPS) is 11.7. The fraction of sp³-hybridized carbons (Fsp3) is 0.188. The van der Waals surface area contributed by atoms with Crippen LogP contribution in [0.3, 0.4) is 0 Å². The highest BCUT2D eigenvalue weighted by Crippen LogP contribution is 2.06. The van der Waals surface area contributed by atoms with E-state index in [9.17, 15) is 9.59 Å². The molecule has 1 atom stereocenters. The Morgan fingerprint density at radius 3 is 2.62 bits per heavy atom. The van der Waals surface area contributed by atoms with Crippen LogP contribution in [-0.4, -0.2) is 28.0 Å². The molecule has 0 aliphatic rings. The van der Waals surface area contributed by atoms with Gasteiger partial charge in [-0.25, -0.2) is 9.78 Å². The van der Waals surface area contributed by atoms with Gasteiger partial charge in [0.25, 0.3) is 5.91 Å². The molecule has 0 saturated heterocycles. The molecule has 2 aromatic rings. The highest BCUT2D eigenvalue weighted by atomic mass is 16.4. The summed E-state index contributed by atoms with van der Waals surface area (Å²) in [6.07, 6.45) is 2.03. The van der Waals surface area contributed by atoms with Crippen molar-refractivity contribution in [2.45, 2.75) is 19.4 Å². The molecule has 21 heavy (non-hydrogen) atoms. The van der Waals surface area contributed by atoms with Gasteiger partial charge >= 0.3 is 5.97 Å². The Morgan fingerprint density at radius 1 is 1.24 bits per heavy atom. The van der Waals surface area contributed by atoms with Gasteiger partial charge in [-0.3, -0.25) is 4.79 Å². The second-order valence-corrected chi connectivity index (χ2v) is 4.80. The minimum absolute atomic E-state index is 0.0543. The van der Waals surface area contributed by atoms with Crippen LogP contribution in [0.4, 0.5) is 0 Å². The van der Waals surface area contributed by atoms with Crippen molar-refractivity contribution in [1.82, 2.24) is 10.3 Å². The van der Waals surface area contributed by atoms with Crippen molar-refractivity contribution in [2.75, 3.05) is 0 Å². The summed E-state index contributed by atoms with van der Waals surface area (Å²) in [7, 11) is 0. The molecular weight excluding hydrogens is 268 g/mol. The number of nitrogens with zero attached hydrogens (tertiary/aromatic N) is 1. The largest absolute Gasteiger partial charge is 0.477 e. The highest BCUT2D eigenvalue weighted by Gasteiger charge is 2.13. The summed E-state index contributed by atoms with van der Waals surface area (Å²) in [6, 6.07) is 12.6. The number of hydrogen-bond donors (Lipinski definition) is 2. The predicted molar refractivity (Wildman–Crippen MR) is 78.3 cm³/mol. The number of carbonyl (C=O) groups excluding carboxylic acids is 1. The number of aromatic nitrogens is 1. The van der Waals surface area contributed by atoms with E-state index in [-0.39, 0.29) is 17.6 Å². The molecular formula is C16H16N2O3. The summed E-state index contributed by atoms with van der Waals surface area (Å²) in [5.41, 5.74) is 1.28. The first-order valence-corrected chi connectivity index (χ1v) is 6.60. The topological polar surface area (TPSA) is 79.3 Å². The van der Waals surface area contributed by atoms with E-state index < -0.39 is 5.97 Å². The van der Waals surface area contributed by atoms with E-state index in [0.29, 0.717) is 12.0 Å². The fourth-order valence-electron chi connectivity index (χ4n) is 2.01. The summed E-state index contributed by atoms with van der Waals surface area (Å²) >= 11 is 0. The van der Waals surface area contributed by atoms with Gasteiger partial charge in [-0.05, 0) is 31.0 Å². The molecule has 1 amide bonds. The van der Waals surface area contributed by atoms with E-state index in [4.69, 9.17) is 5.11 Å².